The van der Waals surface area contributed by atoms with Crippen LogP contribution in [0.4, 0.5) is 11.4 Å². The molecule has 168 valence electrons. The molecule has 33 heavy (non-hydrogen) atoms. The third kappa shape index (κ3) is 6.34. The van der Waals surface area contributed by atoms with Gasteiger partial charge in [-0.1, -0.05) is 42.1 Å². The van der Waals surface area contributed by atoms with Gasteiger partial charge in [0.25, 0.3) is 5.91 Å². The van der Waals surface area contributed by atoms with Crippen LogP contribution in [0.5, 0.6) is 5.75 Å². The number of ether oxygens (including phenoxy) is 1. The Hall–Kier alpha value is -3.36. The number of thioether (sulfide) groups is 1. The Morgan fingerprint density at radius 2 is 1.79 bits per heavy atom. The number of rotatable bonds is 8. The highest BCUT2D eigenvalue weighted by Gasteiger charge is 2.11. The van der Waals surface area contributed by atoms with Gasteiger partial charge in [0.1, 0.15) is 5.75 Å². The summed E-state index contributed by atoms with van der Waals surface area (Å²) in [5.74, 6) is 0.613. The fraction of sp³-hybridized carbons (Fsp3) is 0.160. The van der Waals surface area contributed by atoms with Crippen molar-refractivity contribution < 1.29 is 14.3 Å². The average Bonchev–Trinajstić information content (AvgIpc) is 3.22. The van der Waals surface area contributed by atoms with Gasteiger partial charge in [-0.05, 0) is 61.4 Å². The van der Waals surface area contributed by atoms with Crippen LogP contribution in [0, 0.1) is 13.8 Å². The van der Waals surface area contributed by atoms with Crippen LogP contribution in [0.1, 0.15) is 11.1 Å². The highest BCUT2D eigenvalue weighted by Crippen LogP contribution is 2.31. The molecule has 0 radical (unpaired) electrons. The molecule has 0 fully saturated rings. The number of amides is 2. The molecule has 2 amide bonds. The number of benzene rings is 3. The van der Waals surface area contributed by atoms with Gasteiger partial charge < -0.3 is 15.4 Å². The van der Waals surface area contributed by atoms with E-state index in [1.54, 1.807) is 12.1 Å². The van der Waals surface area contributed by atoms with E-state index in [9.17, 15) is 9.59 Å². The molecule has 0 saturated heterocycles. The van der Waals surface area contributed by atoms with Crippen molar-refractivity contribution in [2.24, 2.45) is 0 Å². The van der Waals surface area contributed by atoms with Crippen molar-refractivity contribution in [1.82, 2.24) is 4.98 Å². The lowest BCUT2D eigenvalue weighted by atomic mass is 10.1. The molecule has 2 N–H and O–H groups in total. The van der Waals surface area contributed by atoms with Crippen LogP contribution in [0.25, 0.3) is 10.2 Å². The van der Waals surface area contributed by atoms with E-state index in [0.717, 1.165) is 31.4 Å². The Morgan fingerprint density at radius 3 is 2.61 bits per heavy atom. The third-order valence-electron chi connectivity index (χ3n) is 4.76. The number of fused-ring (bicyclic) bond motifs is 1. The van der Waals surface area contributed by atoms with E-state index in [0.29, 0.717) is 11.4 Å². The largest absolute Gasteiger partial charge is 0.484 e. The summed E-state index contributed by atoms with van der Waals surface area (Å²) in [6.07, 6.45) is 0. The maximum atomic E-state index is 12.4. The number of para-hydroxylation sites is 1. The summed E-state index contributed by atoms with van der Waals surface area (Å²) >= 11 is 2.89. The molecule has 1 heterocycles. The molecule has 4 rings (SSSR count). The summed E-state index contributed by atoms with van der Waals surface area (Å²) in [7, 11) is 0. The number of thiazole rings is 1. The smallest absolute Gasteiger partial charge is 0.262 e. The van der Waals surface area contributed by atoms with Crippen LogP contribution in [0.2, 0.25) is 0 Å². The van der Waals surface area contributed by atoms with Gasteiger partial charge in [-0.25, -0.2) is 4.98 Å². The summed E-state index contributed by atoms with van der Waals surface area (Å²) in [4.78, 5) is 29.2. The molecule has 0 aliphatic rings. The van der Waals surface area contributed by atoms with Crippen LogP contribution in [0.15, 0.2) is 71.1 Å². The molecule has 0 saturated carbocycles. The van der Waals surface area contributed by atoms with Gasteiger partial charge in [0.15, 0.2) is 10.9 Å². The minimum atomic E-state index is -0.236. The third-order valence-corrected chi connectivity index (χ3v) is 6.92. The first-order valence-corrected chi connectivity index (χ1v) is 12.1. The van der Waals surface area contributed by atoms with E-state index < -0.39 is 0 Å². The molecule has 6 nitrogen and oxygen atoms in total. The summed E-state index contributed by atoms with van der Waals surface area (Å²) in [5.41, 5.74) is 4.47. The highest BCUT2D eigenvalue weighted by molar-refractivity contribution is 8.01. The molecule has 8 heteroatoms. The second kappa shape index (κ2) is 10.5. The second-order valence-electron chi connectivity index (χ2n) is 7.47. The SMILES string of the molecule is Cc1ccc(C)c(NC(=O)CSc2nc3ccc(NC(=O)COc4ccccc4)cc3s2)c1. The van der Waals surface area contributed by atoms with Crippen LogP contribution < -0.4 is 15.4 Å². The Kier molecular flexibility index (Phi) is 7.26. The maximum absolute atomic E-state index is 12.4. The van der Waals surface area contributed by atoms with Gasteiger partial charge in [-0.3, -0.25) is 9.59 Å². The van der Waals surface area contributed by atoms with Crippen molar-refractivity contribution in [2.75, 3.05) is 23.0 Å². The quantitative estimate of drug-likeness (QED) is 0.320. The molecule has 0 spiro atoms. The number of carbonyl (C=O) groups is 2. The van der Waals surface area contributed by atoms with Gasteiger partial charge in [-0.15, -0.1) is 11.3 Å². The summed E-state index contributed by atoms with van der Waals surface area (Å²) in [6.45, 7) is 3.90. The van der Waals surface area contributed by atoms with E-state index >= 15 is 0 Å². The lowest BCUT2D eigenvalue weighted by Crippen LogP contribution is -2.20. The van der Waals surface area contributed by atoms with E-state index in [2.05, 4.69) is 15.6 Å². The zero-order valence-corrected chi connectivity index (χ0v) is 19.9. The molecule has 0 aliphatic heterocycles. The number of hydrogen-bond acceptors (Lipinski definition) is 6. The molecule has 0 unspecified atom stereocenters. The van der Waals surface area contributed by atoms with Crippen molar-refractivity contribution in [3.63, 3.8) is 0 Å². The van der Waals surface area contributed by atoms with Crippen molar-refractivity contribution in [3.8, 4) is 5.75 Å². The first-order valence-electron chi connectivity index (χ1n) is 10.3. The molecule has 3 aromatic carbocycles. The van der Waals surface area contributed by atoms with Crippen LogP contribution in [-0.4, -0.2) is 29.2 Å². The molecule has 1 aromatic heterocycles. The Morgan fingerprint density at radius 1 is 0.970 bits per heavy atom. The van der Waals surface area contributed by atoms with Crippen LogP contribution in [0.3, 0.4) is 0 Å². The summed E-state index contributed by atoms with van der Waals surface area (Å²) in [5, 5.41) is 5.81. The summed E-state index contributed by atoms with van der Waals surface area (Å²) < 4.78 is 7.22. The molecule has 0 bridgehead atoms. The predicted octanol–water partition coefficient (Wildman–Crippen LogP) is 5.66. The van der Waals surface area contributed by atoms with Crippen molar-refractivity contribution in [3.05, 3.63) is 77.9 Å². The van der Waals surface area contributed by atoms with Crippen molar-refractivity contribution in [2.45, 2.75) is 18.2 Å². The zero-order valence-electron chi connectivity index (χ0n) is 18.3. The fourth-order valence-corrected chi connectivity index (χ4v) is 5.00. The molecule has 4 aromatic rings. The number of aryl methyl sites for hydroxylation is 2. The fourth-order valence-electron chi connectivity index (χ4n) is 3.09. The Labute approximate surface area is 200 Å². The first kappa shape index (κ1) is 22.8. The lowest BCUT2D eigenvalue weighted by Gasteiger charge is -2.08. The highest BCUT2D eigenvalue weighted by atomic mass is 32.2. The van der Waals surface area contributed by atoms with E-state index in [1.807, 2.05) is 68.4 Å². The van der Waals surface area contributed by atoms with E-state index in [1.165, 1.54) is 23.1 Å². The average molecular weight is 478 g/mol. The maximum Gasteiger partial charge on any atom is 0.262 e. The molecule has 0 atom stereocenters. The topological polar surface area (TPSA) is 80.3 Å². The number of nitrogens with one attached hydrogen (secondary N) is 2. The Bertz CT molecular complexity index is 1290. The van der Waals surface area contributed by atoms with Gasteiger partial charge in [0.2, 0.25) is 5.91 Å². The monoisotopic (exact) mass is 477 g/mol. The number of nitrogens with zero attached hydrogens (tertiary/aromatic N) is 1. The van der Waals surface area contributed by atoms with Gasteiger partial charge >= 0.3 is 0 Å². The van der Waals surface area contributed by atoms with Crippen molar-refractivity contribution in [1.29, 1.82) is 0 Å². The summed E-state index contributed by atoms with van der Waals surface area (Å²) in [6, 6.07) is 20.7. The van der Waals surface area contributed by atoms with Gasteiger partial charge in [0, 0.05) is 11.4 Å². The standard InChI is InChI=1S/C25H23N3O3S2/c1-16-8-9-17(2)21(12-16)27-24(30)15-32-25-28-20-11-10-18(13-22(20)33-25)26-23(29)14-31-19-6-4-3-5-7-19/h3-13H,14-15H2,1-2H3,(H,26,29)(H,27,30). The number of hydrogen-bond donors (Lipinski definition) is 2. The first-order chi connectivity index (χ1) is 16.0. The lowest BCUT2D eigenvalue weighted by molar-refractivity contribution is -0.118. The Balaban J connectivity index is 1.32. The number of anilines is 2. The molecular formula is C25H23N3O3S2. The van der Waals surface area contributed by atoms with Gasteiger partial charge in [0.05, 0.1) is 16.0 Å². The van der Waals surface area contributed by atoms with Crippen LogP contribution >= 0.6 is 23.1 Å². The second-order valence-corrected chi connectivity index (χ2v) is 9.72. The minimum Gasteiger partial charge on any atom is -0.484 e. The van der Waals surface area contributed by atoms with Gasteiger partial charge in [-0.2, -0.15) is 0 Å². The van der Waals surface area contributed by atoms with E-state index in [-0.39, 0.29) is 24.2 Å². The number of carbonyl (C=O) groups excluding carboxylic acids is 2. The van der Waals surface area contributed by atoms with E-state index in [4.69, 9.17) is 4.74 Å². The predicted molar refractivity (Wildman–Crippen MR) is 135 cm³/mol. The molecule has 0 aliphatic carbocycles. The van der Waals surface area contributed by atoms with Crippen molar-refractivity contribution >= 4 is 56.5 Å². The molecular weight excluding hydrogens is 454 g/mol. The minimum absolute atomic E-state index is 0.0681. The number of aromatic nitrogens is 1. The zero-order chi connectivity index (χ0) is 23.2. The normalized spacial score (nSPS) is 10.7. The van der Waals surface area contributed by atoms with Crippen LogP contribution in [-0.2, 0) is 9.59 Å².